The van der Waals surface area contributed by atoms with E-state index >= 15 is 0 Å². The molecule has 0 spiro atoms. The number of para-hydroxylation sites is 1. The van der Waals surface area contributed by atoms with Gasteiger partial charge in [0.15, 0.2) is 0 Å². The molecule has 0 radical (unpaired) electrons. The third-order valence-corrected chi connectivity index (χ3v) is 9.78. The van der Waals surface area contributed by atoms with Gasteiger partial charge in [0, 0.05) is 54.1 Å². The monoisotopic (exact) mass is 751 g/mol. The van der Waals surface area contributed by atoms with Crippen molar-refractivity contribution < 1.29 is 33.4 Å². The van der Waals surface area contributed by atoms with E-state index in [-0.39, 0.29) is 24.8 Å². The molecule has 5 rings (SSSR count). The van der Waals surface area contributed by atoms with Crippen LogP contribution in [0.4, 0.5) is 4.79 Å². The summed E-state index contributed by atoms with van der Waals surface area (Å²) in [5.74, 6) is -2.34. The normalized spacial score (nSPS) is 15.0. The van der Waals surface area contributed by atoms with Gasteiger partial charge in [-0.05, 0) is 82.2 Å². The number of piperidine rings is 1. The number of fused-ring (bicyclic) bond motifs is 1. The van der Waals surface area contributed by atoms with Crippen molar-refractivity contribution in [3.63, 3.8) is 0 Å². The molecule has 3 aromatic carbocycles. The molecular weight excluding hydrogens is 699 g/mol. The summed E-state index contributed by atoms with van der Waals surface area (Å²) in [6.45, 7) is 8.46. The van der Waals surface area contributed by atoms with E-state index in [0.29, 0.717) is 50.9 Å². The summed E-state index contributed by atoms with van der Waals surface area (Å²) >= 11 is 0. The number of hydrogen-bond acceptors (Lipinski definition) is 7. The van der Waals surface area contributed by atoms with Crippen LogP contribution in [0.3, 0.4) is 0 Å². The largest absolute Gasteiger partial charge is 0.458 e. The second-order valence-electron chi connectivity index (χ2n) is 15.1. The first-order chi connectivity index (χ1) is 26.4. The van der Waals surface area contributed by atoms with Crippen LogP contribution in [-0.2, 0) is 30.5 Å². The third kappa shape index (κ3) is 11.7. The average molecular weight is 752 g/mol. The maximum atomic E-state index is 14.3. The van der Waals surface area contributed by atoms with Crippen LogP contribution >= 0.6 is 0 Å². The van der Waals surface area contributed by atoms with Gasteiger partial charge >= 0.3 is 12.1 Å². The number of nitrogens with zero attached hydrogens (tertiary/aromatic N) is 1. The number of benzene rings is 3. The molecule has 1 aromatic heterocycles. The molecule has 292 valence electrons. The van der Waals surface area contributed by atoms with E-state index in [1.54, 1.807) is 37.8 Å². The zero-order valence-electron chi connectivity index (χ0n) is 32.1. The summed E-state index contributed by atoms with van der Waals surface area (Å²) in [6.07, 6.45) is 3.46. The van der Waals surface area contributed by atoms with E-state index in [0.717, 1.165) is 22.0 Å². The molecule has 55 heavy (non-hydrogen) atoms. The highest BCUT2D eigenvalue weighted by Crippen LogP contribution is 2.29. The Labute approximate surface area is 322 Å². The molecule has 1 saturated heterocycles. The number of unbranched alkanes of at least 4 members (excludes halogenated alkanes) is 1. The molecule has 0 unspecified atom stereocenters. The molecule has 0 bridgehead atoms. The molecule has 0 saturated carbocycles. The van der Waals surface area contributed by atoms with E-state index in [1.807, 2.05) is 85.9 Å². The molecule has 3 atom stereocenters. The topological polar surface area (TPSA) is 159 Å². The van der Waals surface area contributed by atoms with Gasteiger partial charge in [0.2, 0.25) is 11.8 Å². The number of likely N-dealkylation sites (tertiary alicyclic amines) is 1. The highest BCUT2D eigenvalue weighted by Gasteiger charge is 2.36. The minimum atomic E-state index is -1.03. The van der Waals surface area contributed by atoms with Gasteiger partial charge in [-0.1, -0.05) is 73.7 Å². The number of rotatable bonds is 15. The highest BCUT2D eigenvalue weighted by atomic mass is 16.6. The van der Waals surface area contributed by atoms with Gasteiger partial charge in [-0.15, -0.1) is 0 Å². The Balaban J connectivity index is 1.24. The number of carbonyl (C=O) groups excluding carboxylic acids is 5. The fraction of sp³-hybridized carbons (Fsp3) is 0.419. The van der Waals surface area contributed by atoms with E-state index in [2.05, 4.69) is 20.9 Å². The van der Waals surface area contributed by atoms with Gasteiger partial charge in [-0.25, -0.2) is 9.59 Å². The highest BCUT2D eigenvalue weighted by molar-refractivity contribution is 5.95. The Hall–Kier alpha value is -5.65. The molecule has 1 aliphatic heterocycles. The lowest BCUT2D eigenvalue weighted by molar-refractivity contribution is -0.159. The molecule has 0 aliphatic carbocycles. The number of hydrogen-bond donors (Lipinski definition) is 4. The van der Waals surface area contributed by atoms with Crippen molar-refractivity contribution in [2.45, 2.75) is 90.0 Å². The van der Waals surface area contributed by atoms with Crippen LogP contribution in [-0.4, -0.2) is 77.0 Å². The smallest absolute Gasteiger partial charge is 0.407 e. The van der Waals surface area contributed by atoms with Gasteiger partial charge in [0.25, 0.3) is 5.91 Å². The molecule has 12 heteroatoms. The van der Waals surface area contributed by atoms with Crippen LogP contribution in [0.2, 0.25) is 0 Å². The Kier molecular flexibility index (Phi) is 14.1. The molecule has 4 aromatic rings. The fourth-order valence-corrected chi connectivity index (χ4v) is 6.77. The number of aromatic nitrogens is 1. The summed E-state index contributed by atoms with van der Waals surface area (Å²) in [4.78, 5) is 72.0. The molecule has 1 fully saturated rings. The number of H-pyrrole nitrogens is 1. The number of aromatic amines is 1. The lowest BCUT2D eigenvalue weighted by atomic mass is 9.90. The summed E-state index contributed by atoms with van der Waals surface area (Å²) in [6, 6.07) is 24.2. The van der Waals surface area contributed by atoms with E-state index in [9.17, 15) is 24.0 Å². The van der Waals surface area contributed by atoms with Crippen molar-refractivity contribution in [3.05, 3.63) is 108 Å². The van der Waals surface area contributed by atoms with Crippen molar-refractivity contribution >= 4 is 40.7 Å². The Morgan fingerprint density at radius 3 is 2.20 bits per heavy atom. The summed E-state index contributed by atoms with van der Waals surface area (Å²) in [5, 5.41) is 9.61. The van der Waals surface area contributed by atoms with Gasteiger partial charge in [0.1, 0.15) is 24.3 Å². The lowest BCUT2D eigenvalue weighted by Crippen LogP contribution is -2.55. The van der Waals surface area contributed by atoms with Crippen LogP contribution in [0, 0.1) is 5.92 Å². The molecule has 1 aliphatic rings. The Morgan fingerprint density at radius 1 is 0.855 bits per heavy atom. The summed E-state index contributed by atoms with van der Waals surface area (Å²) in [7, 11) is 0. The number of alkyl carbamates (subject to hydrolysis) is 1. The van der Waals surface area contributed by atoms with Crippen molar-refractivity contribution in [3.8, 4) is 0 Å². The van der Waals surface area contributed by atoms with Crippen molar-refractivity contribution in [2.75, 3.05) is 19.6 Å². The zero-order chi connectivity index (χ0) is 39.4. The predicted octanol–water partition coefficient (Wildman–Crippen LogP) is 6.23. The third-order valence-electron chi connectivity index (χ3n) is 9.78. The van der Waals surface area contributed by atoms with Crippen molar-refractivity contribution in [2.24, 2.45) is 5.92 Å². The number of ether oxygens (including phenoxy) is 2. The standard InChI is InChI=1S/C43H53N5O7/c1-29(34-27-45-35-20-12-11-19-33(34)35)37(47-38(49)31-22-25-48(26-23-31)40(51)32-17-9-6-10-18-32)39(50)46-36(41(52)55-43(2,3)4)21-13-14-24-44-42(53)54-28-30-15-7-5-8-16-30/h5-12,15-20,27,29,31,36-37,45H,13-14,21-26,28H2,1-4H3,(H,44,53)(H,46,50)(H,47,49)/t29-,36-,37-/m0/s1. The zero-order valence-corrected chi connectivity index (χ0v) is 32.1. The fourth-order valence-electron chi connectivity index (χ4n) is 6.77. The molecule has 4 N–H and O–H groups in total. The SMILES string of the molecule is C[C@@H](c1c[nH]c2ccccc12)[C@H](NC(=O)C1CCN(C(=O)c2ccccc2)CC1)C(=O)N[C@@H](CCCCNC(=O)OCc1ccccc1)C(=O)OC(C)(C)C. The van der Waals surface area contributed by atoms with Crippen LogP contribution in [0.5, 0.6) is 0 Å². The van der Waals surface area contributed by atoms with Crippen molar-refractivity contribution in [1.29, 1.82) is 0 Å². The Bertz CT molecular complexity index is 1900. The van der Waals surface area contributed by atoms with Crippen LogP contribution in [0.25, 0.3) is 10.9 Å². The second kappa shape index (κ2) is 19.1. The lowest BCUT2D eigenvalue weighted by Gasteiger charge is -2.33. The summed E-state index contributed by atoms with van der Waals surface area (Å²) in [5.41, 5.74) is 2.42. The van der Waals surface area contributed by atoms with Crippen LogP contribution in [0.15, 0.2) is 91.1 Å². The Morgan fingerprint density at radius 2 is 1.51 bits per heavy atom. The first-order valence-corrected chi connectivity index (χ1v) is 19.1. The van der Waals surface area contributed by atoms with E-state index in [4.69, 9.17) is 9.47 Å². The van der Waals surface area contributed by atoms with E-state index < -0.39 is 47.5 Å². The van der Waals surface area contributed by atoms with Crippen LogP contribution in [0.1, 0.15) is 87.2 Å². The first kappa shape index (κ1) is 40.5. The summed E-state index contributed by atoms with van der Waals surface area (Å²) < 4.78 is 11.0. The van der Waals surface area contributed by atoms with Gasteiger partial charge < -0.3 is 35.3 Å². The molecule has 12 nitrogen and oxygen atoms in total. The number of carbonyl (C=O) groups is 5. The molecule has 2 heterocycles. The number of esters is 1. The minimum absolute atomic E-state index is 0.0726. The average Bonchev–Trinajstić information content (AvgIpc) is 3.62. The number of amides is 4. The maximum absolute atomic E-state index is 14.3. The van der Waals surface area contributed by atoms with Crippen LogP contribution < -0.4 is 16.0 Å². The quantitative estimate of drug-likeness (QED) is 0.0828. The first-order valence-electron chi connectivity index (χ1n) is 19.1. The molecule has 4 amide bonds. The van der Waals surface area contributed by atoms with E-state index in [1.165, 1.54) is 0 Å². The maximum Gasteiger partial charge on any atom is 0.407 e. The van der Waals surface area contributed by atoms with Gasteiger partial charge in [-0.2, -0.15) is 0 Å². The van der Waals surface area contributed by atoms with Gasteiger partial charge in [0.05, 0.1) is 0 Å². The van der Waals surface area contributed by atoms with Crippen molar-refractivity contribution in [1.82, 2.24) is 25.8 Å². The minimum Gasteiger partial charge on any atom is -0.458 e. The predicted molar refractivity (Wildman–Crippen MR) is 210 cm³/mol. The van der Waals surface area contributed by atoms with Gasteiger partial charge in [-0.3, -0.25) is 14.4 Å². The number of nitrogens with one attached hydrogen (secondary N) is 4. The second-order valence-corrected chi connectivity index (χ2v) is 15.1. The molecular formula is C43H53N5O7.